The molecule has 0 radical (unpaired) electrons. The Morgan fingerprint density at radius 2 is 0.520 bits per heavy atom. The van der Waals surface area contributed by atoms with Gasteiger partial charge in [0.25, 0.3) is 0 Å². The van der Waals surface area contributed by atoms with E-state index in [1.807, 2.05) is 122 Å². The summed E-state index contributed by atoms with van der Waals surface area (Å²) in [4.78, 5) is 18.8. The van der Waals surface area contributed by atoms with E-state index >= 15 is 0 Å². The smallest absolute Gasteiger partial charge is 0.131 e. The zero-order valence-corrected chi connectivity index (χ0v) is 71.9. The summed E-state index contributed by atoms with van der Waals surface area (Å²) in [5.74, 6) is 6.10. The predicted molar refractivity (Wildman–Crippen MR) is 493 cm³/mol. The molecular weight excluding hydrogens is 1550 g/mol. The van der Waals surface area contributed by atoms with Crippen LogP contribution in [0.25, 0.3) is 43.6 Å². The maximum absolute atomic E-state index is 12.7. The summed E-state index contributed by atoms with van der Waals surface area (Å²) in [5.41, 5.74) is 11.0. The van der Waals surface area contributed by atoms with Gasteiger partial charge in [-0.15, -0.1) is 26.3 Å². The summed E-state index contributed by atoms with van der Waals surface area (Å²) < 4.78 is 32.0. The van der Waals surface area contributed by atoms with Crippen molar-refractivity contribution in [3.63, 3.8) is 0 Å². The monoisotopic (exact) mass is 1670 g/mol. The fourth-order valence-corrected chi connectivity index (χ4v) is 25.3. The fraction of sp³-hybridized carbons (Fsp3) is 0.376. The number of fused-ring (bicyclic) bond motifs is 16. The third kappa shape index (κ3) is 15.9. The molecule has 640 valence electrons. The van der Waals surface area contributed by atoms with Crippen LogP contribution in [-0.2, 0) is 26.2 Å². The Labute approximate surface area is 735 Å². The average molecular weight is 1670 g/mol. The summed E-state index contributed by atoms with van der Waals surface area (Å²) >= 11 is 0. The highest BCUT2D eigenvalue weighted by molar-refractivity contribution is 5.85. The molecule has 8 bridgehead atoms. The number of para-hydroxylation sites is 4. The van der Waals surface area contributed by atoms with Crippen LogP contribution in [0.5, 0.6) is 23.0 Å². The lowest BCUT2D eigenvalue weighted by Gasteiger charge is -2.58. The van der Waals surface area contributed by atoms with E-state index in [0.717, 1.165) is 214 Å². The Hall–Kier alpha value is -10.8. The standard InChI is InChI=1S/C109H120N8O8/c1-5-77-65-114(53-45-81(77)57-101(114)105(118)93-41-49-110-97-21-13-9-17-89(93)97)61-73-25-33-85(34-26-73)122-69-109(70-123-86-35-27-74(28-36-86)62-115-54-46-82(78(6-2)66-115)58-102(115)106(119)94-42-50-111-98-22-14-10-18-90(94)98,71-124-87-37-29-75(30-38-87)63-116-55-47-83(79(7-3)67-116)59-103(116)107(120)95-43-51-112-99-23-15-11-19-91(95)99)72-125-88-39-31-76(32-40-88)64-117-56-48-84(80(8-4)68-117)60-104(117)108(121)96-44-52-113-100-24-16-12-20-92(96)100/h5-44,49-52,77-84,101-108,118-121H,1-4,45-48,53-72H2/q+4/t77-,78-,79-,80-,81-,82-,83-,84-,101+,102+,103+,104+,105-,106-,107-,108-,109?,114?,115?,116?,117?/m0/s1. The SMILES string of the molecule is C=C[C@H]1C[N+]2(Cc3ccc(OCC(COc4ccc(C[N+]56CC[C@@H](C[C@@H]5[C@@H](O)c5ccnc7ccccc57)[C@@H](C=C)C6)cc4)(COc4ccc(C[N+]56CC[C@@H](C[C@@H]5[C@@H](O)c5ccnc7ccccc57)[C@@H](C=C)C6)cc4)COc4ccc(C[N+]56CC[C@@H](C[C@@H]5[C@@H](O)c5ccnc7ccccc57)[C@@H](C=C)C6)cc4)cc3)CC[C@H]1C[C@@H]2[C@@H](O)c1ccnc2ccccc12. The Kier molecular flexibility index (Phi) is 22.8. The van der Waals surface area contributed by atoms with Crippen molar-refractivity contribution in [2.75, 3.05) is 78.8 Å². The van der Waals surface area contributed by atoms with Crippen molar-refractivity contribution in [1.29, 1.82) is 0 Å². The second kappa shape index (κ2) is 34.5. The zero-order valence-electron chi connectivity index (χ0n) is 71.9. The van der Waals surface area contributed by atoms with Gasteiger partial charge in [0.05, 0.1) is 74.4 Å². The van der Waals surface area contributed by atoms with Crippen LogP contribution in [0.15, 0.2) is 294 Å². The molecule has 16 nitrogen and oxygen atoms in total. The fourth-order valence-electron chi connectivity index (χ4n) is 25.3. The van der Waals surface area contributed by atoms with E-state index in [9.17, 15) is 20.4 Å². The maximum Gasteiger partial charge on any atom is 0.131 e. The average Bonchev–Trinajstić information content (AvgIpc) is 0.746. The van der Waals surface area contributed by atoms with E-state index < -0.39 is 29.8 Å². The number of piperidine rings is 12. The Bertz CT molecular complexity index is 5170. The number of rotatable bonds is 32. The van der Waals surface area contributed by atoms with Gasteiger partial charge in [-0.1, -0.05) is 97.1 Å². The third-order valence-corrected chi connectivity index (χ3v) is 32.0. The van der Waals surface area contributed by atoms with Crippen molar-refractivity contribution in [2.24, 2.45) is 52.8 Å². The highest BCUT2D eigenvalue weighted by Gasteiger charge is 2.59. The Morgan fingerprint density at radius 3 is 0.736 bits per heavy atom. The lowest BCUT2D eigenvalue weighted by molar-refractivity contribution is -0.984. The number of aliphatic hydroxyl groups is 4. The molecule has 4 aromatic heterocycles. The normalized spacial score (nSPS) is 29.2. The van der Waals surface area contributed by atoms with Crippen LogP contribution in [0, 0.1) is 52.8 Å². The quantitative estimate of drug-likeness (QED) is 0.0233. The van der Waals surface area contributed by atoms with Crippen molar-refractivity contribution in [3.8, 4) is 23.0 Å². The van der Waals surface area contributed by atoms with Gasteiger partial charge in [-0.2, -0.15) is 0 Å². The van der Waals surface area contributed by atoms with Gasteiger partial charge in [0.1, 0.15) is 130 Å². The molecule has 12 fully saturated rings. The van der Waals surface area contributed by atoms with Crippen molar-refractivity contribution in [2.45, 2.75) is 126 Å². The lowest BCUT2D eigenvalue weighted by Crippen LogP contribution is -2.67. The molecule has 16 heteroatoms. The number of hydrogen-bond donors (Lipinski definition) is 4. The second-order valence-corrected chi connectivity index (χ2v) is 38.8. The molecule has 4 N–H and O–H groups in total. The van der Waals surface area contributed by atoms with Crippen LogP contribution in [-0.4, -0.2) is 161 Å². The van der Waals surface area contributed by atoms with E-state index in [1.54, 1.807) is 0 Å². The van der Waals surface area contributed by atoms with Gasteiger partial charge in [-0.3, -0.25) is 19.9 Å². The van der Waals surface area contributed by atoms with E-state index in [4.69, 9.17) is 18.9 Å². The van der Waals surface area contributed by atoms with Gasteiger partial charge in [0, 0.05) is 144 Å². The van der Waals surface area contributed by atoms with Gasteiger partial charge >= 0.3 is 0 Å². The molecule has 4 unspecified atom stereocenters. The van der Waals surface area contributed by atoms with Gasteiger partial charge in [-0.25, -0.2) is 0 Å². The molecule has 16 heterocycles. The first-order valence-corrected chi connectivity index (χ1v) is 46.0. The summed E-state index contributed by atoms with van der Waals surface area (Å²) in [6.07, 6.45) is 21.3. The van der Waals surface area contributed by atoms with Crippen molar-refractivity contribution >= 4 is 43.6 Å². The van der Waals surface area contributed by atoms with Crippen LogP contribution >= 0.6 is 0 Å². The van der Waals surface area contributed by atoms with E-state index in [2.05, 4.69) is 192 Å². The summed E-state index contributed by atoms with van der Waals surface area (Å²) in [6.45, 7) is 28.6. The third-order valence-electron chi connectivity index (χ3n) is 32.0. The van der Waals surface area contributed by atoms with E-state index in [0.29, 0.717) is 70.3 Å². The first-order chi connectivity index (χ1) is 61.1. The molecule has 12 aliphatic heterocycles. The molecule has 24 rings (SSSR count). The number of aliphatic hydroxyl groups excluding tert-OH is 4. The Balaban J connectivity index is 0.617. The summed E-state index contributed by atoms with van der Waals surface area (Å²) in [7, 11) is 0. The predicted octanol–water partition coefficient (Wildman–Crippen LogP) is 19.1. The molecule has 0 amide bonds. The van der Waals surface area contributed by atoms with Crippen LogP contribution in [0.2, 0.25) is 0 Å². The molecule has 12 aromatic rings. The van der Waals surface area contributed by atoms with Gasteiger partial charge in [-0.05, 0) is 192 Å². The number of quaternary nitrogens is 4. The molecule has 12 aliphatic rings. The number of nitrogens with zero attached hydrogens (tertiary/aromatic N) is 8. The van der Waals surface area contributed by atoms with Crippen molar-refractivity contribution in [1.82, 2.24) is 19.9 Å². The molecule has 12 saturated heterocycles. The second-order valence-electron chi connectivity index (χ2n) is 38.8. The summed E-state index contributed by atoms with van der Waals surface area (Å²) in [6, 6.07) is 75.2. The highest BCUT2D eigenvalue weighted by atomic mass is 16.5. The number of ether oxygens (including phenoxy) is 4. The maximum atomic E-state index is 12.7. The van der Waals surface area contributed by atoms with Crippen molar-refractivity contribution in [3.05, 3.63) is 338 Å². The number of hydrogen-bond acceptors (Lipinski definition) is 12. The first kappa shape index (κ1) is 82.5. The molecule has 20 atom stereocenters. The Morgan fingerprint density at radius 1 is 0.304 bits per heavy atom. The van der Waals surface area contributed by atoms with Crippen LogP contribution in [0.1, 0.15) is 120 Å². The van der Waals surface area contributed by atoms with Gasteiger partial charge < -0.3 is 57.3 Å². The van der Waals surface area contributed by atoms with Gasteiger partial charge in [0.15, 0.2) is 0 Å². The molecular formula is C109H120N8O8+4. The minimum absolute atomic E-state index is 0.0129. The van der Waals surface area contributed by atoms with E-state index in [1.165, 1.54) is 22.3 Å². The van der Waals surface area contributed by atoms with Crippen molar-refractivity contribution < 1.29 is 57.3 Å². The molecule has 0 aliphatic carbocycles. The molecule has 8 aromatic carbocycles. The first-order valence-electron chi connectivity index (χ1n) is 46.0. The minimum Gasteiger partial charge on any atom is -0.493 e. The molecule has 125 heavy (non-hydrogen) atoms. The zero-order chi connectivity index (χ0) is 85.0. The highest BCUT2D eigenvalue weighted by Crippen LogP contribution is 2.54. The topological polar surface area (TPSA) is 169 Å². The van der Waals surface area contributed by atoms with Crippen LogP contribution < -0.4 is 18.9 Å². The molecule has 0 spiro atoms. The van der Waals surface area contributed by atoms with Crippen LogP contribution in [0.4, 0.5) is 0 Å². The number of benzene rings is 8. The van der Waals surface area contributed by atoms with Crippen LogP contribution in [0.3, 0.4) is 0 Å². The number of aromatic nitrogens is 4. The minimum atomic E-state index is -0.963. The molecule has 0 saturated carbocycles. The lowest BCUT2D eigenvalue weighted by atomic mass is 9.71. The van der Waals surface area contributed by atoms with E-state index in [-0.39, 0.29) is 50.6 Å². The summed E-state index contributed by atoms with van der Waals surface area (Å²) in [5, 5.41) is 54.9. The van der Waals surface area contributed by atoms with Gasteiger partial charge in [0.2, 0.25) is 0 Å². The number of pyridine rings is 4. The largest absolute Gasteiger partial charge is 0.493 e.